The summed E-state index contributed by atoms with van der Waals surface area (Å²) in [5.74, 6) is 0. The van der Waals surface area contributed by atoms with Gasteiger partial charge in [0.2, 0.25) is 0 Å². The lowest BCUT2D eigenvalue weighted by Gasteiger charge is -2.29. The predicted molar refractivity (Wildman–Crippen MR) is 277 cm³/mol. The molecule has 0 bridgehead atoms. The minimum atomic E-state index is -0.155. The Morgan fingerprint density at radius 2 is 0.985 bits per heavy atom. The standard InChI is InChI=1S/C63H44N2O/c1-63(2)55-23-11-9-21-50(55)51-35-33-49(40-56(51)63)64(48-31-27-42(28-32-48)44-18-13-17-43(37-44)41-15-5-3-6-16-41)58-25-14-26-61-62(58)54-38-45(30-36-60(54)66-61)46-29-34-53-52-22-10-12-24-57(52)65(59(53)39-46)47-19-7-4-8-20-47/h3-40H,1-2H3. The van der Waals surface area contributed by atoms with Crippen molar-refractivity contribution in [3.8, 4) is 50.2 Å². The highest BCUT2D eigenvalue weighted by Gasteiger charge is 2.36. The number of para-hydroxylation sites is 2. The van der Waals surface area contributed by atoms with Gasteiger partial charge >= 0.3 is 0 Å². The molecule has 3 nitrogen and oxygen atoms in total. The summed E-state index contributed by atoms with van der Waals surface area (Å²) in [4.78, 5) is 2.43. The number of furan rings is 1. The summed E-state index contributed by atoms with van der Waals surface area (Å²) in [6.07, 6.45) is 0. The number of hydrogen-bond acceptors (Lipinski definition) is 2. The summed E-state index contributed by atoms with van der Waals surface area (Å²) in [5, 5.41) is 4.64. The maximum absolute atomic E-state index is 6.74. The van der Waals surface area contributed by atoms with Gasteiger partial charge in [-0.2, -0.15) is 0 Å². The largest absolute Gasteiger partial charge is 0.456 e. The molecule has 12 aromatic rings. The highest BCUT2D eigenvalue weighted by molar-refractivity contribution is 6.15. The molecule has 0 fully saturated rings. The second-order valence-electron chi connectivity index (χ2n) is 18.1. The Labute approximate surface area is 384 Å². The first kappa shape index (κ1) is 38.1. The molecule has 0 saturated heterocycles. The number of benzene rings is 10. The summed E-state index contributed by atoms with van der Waals surface area (Å²) in [5.41, 5.74) is 20.7. The van der Waals surface area contributed by atoms with Gasteiger partial charge in [-0.3, -0.25) is 0 Å². The zero-order chi connectivity index (χ0) is 43.9. The van der Waals surface area contributed by atoms with Gasteiger partial charge in [-0.1, -0.05) is 166 Å². The Balaban J connectivity index is 0.980. The molecule has 1 aliphatic carbocycles. The van der Waals surface area contributed by atoms with E-state index in [0.717, 1.165) is 55.8 Å². The van der Waals surface area contributed by atoms with Crippen molar-refractivity contribution in [2.45, 2.75) is 19.3 Å². The SMILES string of the molecule is CC1(C)c2ccccc2-c2ccc(N(c3ccc(-c4cccc(-c5ccccc5)c4)cc3)c3cccc4oc5ccc(-c6ccc7c8ccccc8n(-c8ccccc8)c7c6)cc5c34)cc21. The first-order valence-electron chi connectivity index (χ1n) is 22.8. The third-order valence-electron chi connectivity index (χ3n) is 14.0. The van der Waals surface area contributed by atoms with Crippen molar-refractivity contribution < 1.29 is 4.42 Å². The molecule has 2 heterocycles. The van der Waals surface area contributed by atoms with Crippen molar-refractivity contribution in [2.24, 2.45) is 0 Å². The number of hydrogen-bond donors (Lipinski definition) is 0. The quantitative estimate of drug-likeness (QED) is 0.159. The van der Waals surface area contributed by atoms with Gasteiger partial charge in [0.05, 0.1) is 22.1 Å². The first-order valence-corrected chi connectivity index (χ1v) is 22.8. The average molecular weight is 845 g/mol. The molecule has 0 radical (unpaired) electrons. The van der Waals surface area contributed by atoms with Crippen LogP contribution in [0.4, 0.5) is 17.1 Å². The first-order chi connectivity index (χ1) is 32.5. The van der Waals surface area contributed by atoms with Crippen LogP contribution in [0.2, 0.25) is 0 Å². The van der Waals surface area contributed by atoms with Crippen molar-refractivity contribution in [1.82, 2.24) is 4.57 Å². The molecule has 0 amide bonds. The minimum Gasteiger partial charge on any atom is -0.456 e. The van der Waals surface area contributed by atoms with E-state index in [9.17, 15) is 0 Å². The van der Waals surface area contributed by atoms with E-state index in [0.29, 0.717) is 0 Å². The number of aromatic nitrogens is 1. The maximum atomic E-state index is 6.74. The van der Waals surface area contributed by atoms with Gasteiger partial charge in [0.15, 0.2) is 0 Å². The molecule has 10 aromatic carbocycles. The Kier molecular flexibility index (Phi) is 8.56. The molecule has 2 aromatic heterocycles. The van der Waals surface area contributed by atoms with Gasteiger partial charge in [0.25, 0.3) is 0 Å². The average Bonchev–Trinajstić information content (AvgIpc) is 4.00. The molecule has 0 spiro atoms. The van der Waals surface area contributed by atoms with Gasteiger partial charge in [-0.15, -0.1) is 0 Å². The van der Waals surface area contributed by atoms with E-state index in [1.165, 1.54) is 66.3 Å². The summed E-state index contributed by atoms with van der Waals surface area (Å²) >= 11 is 0. The second kappa shape index (κ2) is 14.8. The second-order valence-corrected chi connectivity index (χ2v) is 18.1. The molecule has 13 rings (SSSR count). The van der Waals surface area contributed by atoms with Crippen LogP contribution in [0.25, 0.3) is 93.9 Å². The van der Waals surface area contributed by atoms with Gasteiger partial charge in [0.1, 0.15) is 11.2 Å². The Bertz CT molecular complexity index is 3840. The smallest absolute Gasteiger partial charge is 0.137 e. The third-order valence-corrected chi connectivity index (χ3v) is 14.0. The molecular weight excluding hydrogens is 801 g/mol. The number of anilines is 3. The van der Waals surface area contributed by atoms with Crippen molar-refractivity contribution in [3.63, 3.8) is 0 Å². The fourth-order valence-corrected chi connectivity index (χ4v) is 10.7. The van der Waals surface area contributed by atoms with E-state index in [4.69, 9.17) is 4.42 Å². The van der Waals surface area contributed by atoms with Crippen LogP contribution in [-0.4, -0.2) is 4.57 Å². The van der Waals surface area contributed by atoms with Crippen molar-refractivity contribution >= 4 is 60.8 Å². The molecule has 312 valence electrons. The summed E-state index contributed by atoms with van der Waals surface area (Å²) in [6, 6.07) is 83.8. The van der Waals surface area contributed by atoms with Crippen LogP contribution in [-0.2, 0) is 5.41 Å². The fraction of sp³-hybridized carbons (Fsp3) is 0.0476. The molecular formula is C63H44N2O. The molecule has 66 heavy (non-hydrogen) atoms. The van der Waals surface area contributed by atoms with Crippen molar-refractivity contribution in [3.05, 3.63) is 242 Å². The van der Waals surface area contributed by atoms with E-state index in [1.807, 2.05) is 0 Å². The number of nitrogens with zero attached hydrogens (tertiary/aromatic N) is 2. The zero-order valence-corrected chi connectivity index (χ0v) is 36.7. The number of fused-ring (bicyclic) bond motifs is 9. The van der Waals surface area contributed by atoms with E-state index in [1.54, 1.807) is 0 Å². The van der Waals surface area contributed by atoms with Crippen LogP contribution in [0, 0.1) is 0 Å². The van der Waals surface area contributed by atoms with Gasteiger partial charge < -0.3 is 13.9 Å². The lowest BCUT2D eigenvalue weighted by molar-refractivity contribution is 0.660. The maximum Gasteiger partial charge on any atom is 0.137 e. The van der Waals surface area contributed by atoms with E-state index < -0.39 is 0 Å². The summed E-state index contributed by atoms with van der Waals surface area (Å²) in [7, 11) is 0. The zero-order valence-electron chi connectivity index (χ0n) is 36.7. The molecule has 0 atom stereocenters. The van der Waals surface area contributed by atoms with Gasteiger partial charge in [0, 0.05) is 38.6 Å². The molecule has 1 aliphatic rings. The lowest BCUT2D eigenvalue weighted by Crippen LogP contribution is -2.16. The molecule has 0 saturated carbocycles. The number of rotatable bonds is 7. The Morgan fingerprint density at radius 1 is 0.379 bits per heavy atom. The summed E-state index contributed by atoms with van der Waals surface area (Å²) < 4.78 is 9.12. The van der Waals surface area contributed by atoms with Gasteiger partial charge in [-0.25, -0.2) is 0 Å². The lowest BCUT2D eigenvalue weighted by atomic mass is 9.82. The van der Waals surface area contributed by atoms with Crippen LogP contribution in [0.1, 0.15) is 25.0 Å². The Hall–Kier alpha value is -8.40. The van der Waals surface area contributed by atoms with Crippen LogP contribution in [0.5, 0.6) is 0 Å². The fourth-order valence-electron chi connectivity index (χ4n) is 10.7. The van der Waals surface area contributed by atoms with Crippen LogP contribution >= 0.6 is 0 Å². The van der Waals surface area contributed by atoms with Crippen molar-refractivity contribution in [2.75, 3.05) is 4.90 Å². The predicted octanol–water partition coefficient (Wildman–Crippen LogP) is 17.5. The Morgan fingerprint density at radius 3 is 1.82 bits per heavy atom. The van der Waals surface area contributed by atoms with E-state index >= 15 is 0 Å². The minimum absolute atomic E-state index is 0.155. The molecule has 0 N–H and O–H groups in total. The highest BCUT2D eigenvalue weighted by Crippen LogP contribution is 2.52. The third kappa shape index (κ3) is 5.97. The van der Waals surface area contributed by atoms with E-state index in [2.05, 4.69) is 254 Å². The highest BCUT2D eigenvalue weighted by atomic mass is 16.3. The van der Waals surface area contributed by atoms with Crippen LogP contribution in [0.3, 0.4) is 0 Å². The summed E-state index contributed by atoms with van der Waals surface area (Å²) in [6.45, 7) is 4.71. The normalized spacial score (nSPS) is 12.8. The van der Waals surface area contributed by atoms with Crippen LogP contribution in [0.15, 0.2) is 235 Å². The van der Waals surface area contributed by atoms with E-state index in [-0.39, 0.29) is 5.41 Å². The molecule has 0 aliphatic heterocycles. The molecule has 3 heteroatoms. The monoisotopic (exact) mass is 844 g/mol. The van der Waals surface area contributed by atoms with Crippen LogP contribution < -0.4 is 4.90 Å². The topological polar surface area (TPSA) is 21.3 Å². The van der Waals surface area contributed by atoms with Crippen molar-refractivity contribution in [1.29, 1.82) is 0 Å². The molecule has 0 unspecified atom stereocenters. The van der Waals surface area contributed by atoms with Gasteiger partial charge in [-0.05, 0) is 134 Å².